The van der Waals surface area contributed by atoms with Crippen molar-refractivity contribution in [1.29, 1.82) is 0 Å². The average Bonchev–Trinajstić information content (AvgIpc) is 3.30. The first-order valence-corrected chi connectivity index (χ1v) is 12.8. The van der Waals surface area contributed by atoms with Crippen molar-refractivity contribution in [3.8, 4) is 0 Å². The molecule has 0 saturated heterocycles. The van der Waals surface area contributed by atoms with Crippen molar-refractivity contribution in [1.82, 2.24) is 14.9 Å². The lowest BCUT2D eigenvalue weighted by Gasteiger charge is -2.47. The summed E-state index contributed by atoms with van der Waals surface area (Å²) in [7, 11) is 3.34. The normalized spacial score (nSPS) is 24.1. The van der Waals surface area contributed by atoms with E-state index in [1.54, 1.807) is 6.07 Å². The zero-order valence-corrected chi connectivity index (χ0v) is 22.1. The summed E-state index contributed by atoms with van der Waals surface area (Å²) in [6.07, 6.45) is -3.17. The number of nitrogens with one attached hydrogen (secondary N) is 1. The van der Waals surface area contributed by atoms with Crippen LogP contribution in [0.2, 0.25) is 0 Å². The Bertz CT molecular complexity index is 1310. The number of nitrogens with zero attached hydrogens (tertiary/aromatic N) is 2. The molecule has 0 aliphatic heterocycles. The van der Waals surface area contributed by atoms with Gasteiger partial charge in [0.05, 0.1) is 11.0 Å². The van der Waals surface area contributed by atoms with Gasteiger partial charge in [0.15, 0.2) is 0 Å². The van der Waals surface area contributed by atoms with E-state index in [4.69, 9.17) is 12.2 Å². The van der Waals surface area contributed by atoms with E-state index in [9.17, 15) is 7.54 Å². The Morgan fingerprint density at radius 3 is 2.83 bits per heavy atom. The van der Waals surface area contributed by atoms with E-state index in [2.05, 4.69) is 14.9 Å². The maximum atomic E-state index is 12.9. The van der Waals surface area contributed by atoms with Crippen LogP contribution in [-0.2, 0) is 27.1 Å². The number of methoxy groups -OCH3 is 1. The highest BCUT2D eigenvalue weighted by Crippen LogP contribution is 2.48. The van der Waals surface area contributed by atoms with Crippen LogP contribution >= 0.6 is 0 Å². The molecule has 1 heterocycles. The first-order valence-electron chi connectivity index (χ1n) is 14.8. The van der Waals surface area contributed by atoms with Crippen LogP contribution in [0.25, 0.3) is 11.0 Å². The number of carbonyl (C=O) groups excluding carboxylic acids is 1. The van der Waals surface area contributed by atoms with Crippen LogP contribution < -0.4 is 0 Å². The molecule has 2 atom stereocenters. The summed E-state index contributed by atoms with van der Waals surface area (Å²) in [6.45, 7) is 6.62. The van der Waals surface area contributed by atoms with Crippen LogP contribution in [0, 0.1) is 12.8 Å². The SMILES string of the molecule is [2H]C1([2H])c2cc(C)ccc2[C@H](C(C)C)[C@](CCN(C)CCCc2nc3ccccc3[nH]2)(OC(=O)COC)C1([2H])[2H]. The standard InChI is InChI=1S/C30H41N3O3/c1-21(2)29-24-13-12-22(3)19-23(24)14-15-30(29,36-28(34)20-35-5)16-18-33(4)17-8-11-27-31-25-9-6-7-10-26(25)32-27/h6-7,9-10,12-13,19,21,29H,8,11,14-18,20H2,1-5H3,(H,31,32)/t29-,30-/m0/s1/i14D2,15D2. The Kier molecular flexibility index (Phi) is 6.87. The van der Waals surface area contributed by atoms with Gasteiger partial charge in [-0.05, 0) is 68.9 Å². The number of H-pyrrole nitrogens is 1. The number of hydrogen-bond acceptors (Lipinski definition) is 5. The van der Waals surface area contributed by atoms with E-state index in [0.717, 1.165) is 41.8 Å². The molecule has 1 aliphatic rings. The molecule has 1 aromatic heterocycles. The summed E-state index contributed by atoms with van der Waals surface area (Å²) in [5, 5.41) is 0. The molecule has 36 heavy (non-hydrogen) atoms. The number of imidazole rings is 1. The van der Waals surface area contributed by atoms with Crippen molar-refractivity contribution in [2.24, 2.45) is 5.92 Å². The molecule has 6 heteroatoms. The van der Waals surface area contributed by atoms with Crippen LogP contribution in [0.4, 0.5) is 0 Å². The second kappa shape index (κ2) is 11.6. The van der Waals surface area contributed by atoms with E-state index >= 15 is 0 Å². The van der Waals surface area contributed by atoms with E-state index in [1.807, 2.05) is 64.2 Å². The number of rotatable bonds is 11. The number of benzene rings is 2. The molecule has 1 aliphatic carbocycles. The minimum Gasteiger partial charge on any atom is -0.457 e. The second-order valence-corrected chi connectivity index (χ2v) is 10.2. The van der Waals surface area contributed by atoms with E-state index < -0.39 is 30.2 Å². The van der Waals surface area contributed by atoms with Crippen LogP contribution in [0.1, 0.15) is 67.0 Å². The van der Waals surface area contributed by atoms with Gasteiger partial charge >= 0.3 is 5.97 Å². The topological polar surface area (TPSA) is 67.5 Å². The maximum Gasteiger partial charge on any atom is 0.332 e. The minimum atomic E-state index is -2.51. The Labute approximate surface area is 221 Å². The molecule has 6 nitrogen and oxygen atoms in total. The molecule has 194 valence electrons. The van der Waals surface area contributed by atoms with Gasteiger partial charge in [-0.2, -0.15) is 0 Å². The highest BCUT2D eigenvalue weighted by Gasteiger charge is 2.47. The van der Waals surface area contributed by atoms with Crippen molar-refractivity contribution in [3.05, 3.63) is 65.0 Å². The molecule has 2 aromatic carbocycles. The molecule has 0 saturated carbocycles. The van der Waals surface area contributed by atoms with E-state index in [-0.39, 0.29) is 18.9 Å². The number of ether oxygens (including phenoxy) is 2. The number of fused-ring (bicyclic) bond motifs is 2. The number of aromatic amines is 1. The fourth-order valence-electron chi connectivity index (χ4n) is 5.27. The first-order chi connectivity index (χ1) is 18.8. The van der Waals surface area contributed by atoms with E-state index in [1.165, 1.54) is 7.11 Å². The van der Waals surface area contributed by atoms with Gasteiger partial charge in [0.25, 0.3) is 0 Å². The fraction of sp³-hybridized carbons (Fsp3) is 0.533. The third-order valence-electron chi connectivity index (χ3n) is 6.94. The zero-order chi connectivity index (χ0) is 29.3. The lowest BCUT2D eigenvalue weighted by Crippen LogP contribution is -2.49. The molecule has 1 N–H and O–H groups in total. The summed E-state index contributed by atoms with van der Waals surface area (Å²) < 4.78 is 47.7. The van der Waals surface area contributed by atoms with Gasteiger partial charge in [-0.25, -0.2) is 9.78 Å². The van der Waals surface area contributed by atoms with Crippen molar-refractivity contribution in [3.63, 3.8) is 0 Å². The molecular weight excluding hydrogens is 450 g/mol. The highest BCUT2D eigenvalue weighted by molar-refractivity contribution is 5.74. The highest BCUT2D eigenvalue weighted by atomic mass is 16.6. The summed E-state index contributed by atoms with van der Waals surface area (Å²) in [5.74, 6) is -0.452. The second-order valence-electron chi connectivity index (χ2n) is 10.2. The molecule has 0 bridgehead atoms. The quantitative estimate of drug-likeness (QED) is 0.359. The predicted octanol–water partition coefficient (Wildman–Crippen LogP) is 5.44. The van der Waals surface area contributed by atoms with Crippen LogP contribution in [0.3, 0.4) is 0 Å². The molecule has 3 aromatic rings. The molecule has 0 radical (unpaired) electrons. The number of carbonyl (C=O) groups is 1. The van der Waals surface area contributed by atoms with Crippen LogP contribution in [0.15, 0.2) is 42.5 Å². The Balaban J connectivity index is 1.61. The molecule has 0 amide bonds. The molecule has 0 fully saturated rings. The van der Waals surface area contributed by atoms with Crippen molar-refractivity contribution < 1.29 is 19.8 Å². The Morgan fingerprint density at radius 2 is 2.08 bits per heavy atom. The first kappa shape index (κ1) is 21.4. The zero-order valence-electron chi connectivity index (χ0n) is 26.1. The van der Waals surface area contributed by atoms with Crippen LogP contribution in [-0.4, -0.2) is 60.3 Å². The smallest absolute Gasteiger partial charge is 0.332 e. The number of para-hydroxylation sites is 2. The van der Waals surface area contributed by atoms with Gasteiger partial charge in [-0.3, -0.25) is 0 Å². The van der Waals surface area contributed by atoms with Gasteiger partial charge in [-0.1, -0.05) is 49.7 Å². The van der Waals surface area contributed by atoms with Crippen molar-refractivity contribution in [2.45, 2.75) is 64.3 Å². The summed E-state index contributed by atoms with van der Waals surface area (Å²) >= 11 is 0. The Hall–Kier alpha value is -2.70. The van der Waals surface area contributed by atoms with Gasteiger partial charge in [-0.15, -0.1) is 0 Å². The summed E-state index contributed by atoms with van der Waals surface area (Å²) in [5.41, 5.74) is 2.08. The third-order valence-corrected chi connectivity index (χ3v) is 6.94. The van der Waals surface area contributed by atoms with Gasteiger partial charge < -0.3 is 19.4 Å². The number of aryl methyl sites for hydroxylation is 3. The Morgan fingerprint density at radius 1 is 1.28 bits per heavy atom. The molecule has 4 rings (SSSR count). The lowest BCUT2D eigenvalue weighted by atomic mass is 9.65. The fourth-order valence-corrected chi connectivity index (χ4v) is 5.27. The largest absolute Gasteiger partial charge is 0.457 e. The molecule has 0 spiro atoms. The number of hydrogen-bond donors (Lipinski definition) is 1. The number of aromatic nitrogens is 2. The molecule has 0 unspecified atom stereocenters. The van der Waals surface area contributed by atoms with E-state index in [0.29, 0.717) is 17.7 Å². The van der Waals surface area contributed by atoms with Gasteiger partial charge in [0.2, 0.25) is 0 Å². The van der Waals surface area contributed by atoms with Gasteiger partial charge in [0.1, 0.15) is 18.0 Å². The summed E-state index contributed by atoms with van der Waals surface area (Å²) in [4.78, 5) is 23.0. The minimum absolute atomic E-state index is 0.124. The van der Waals surface area contributed by atoms with Gasteiger partial charge in [0, 0.05) is 37.9 Å². The average molecular weight is 496 g/mol. The van der Waals surface area contributed by atoms with Crippen molar-refractivity contribution in [2.75, 3.05) is 33.9 Å². The lowest BCUT2D eigenvalue weighted by molar-refractivity contribution is -0.172. The van der Waals surface area contributed by atoms with Crippen molar-refractivity contribution >= 4 is 17.0 Å². The number of esters is 1. The van der Waals surface area contributed by atoms with Crippen LogP contribution in [0.5, 0.6) is 0 Å². The molecular formula is C30H41N3O3. The predicted molar refractivity (Wildman–Crippen MR) is 144 cm³/mol. The maximum absolute atomic E-state index is 12.9. The monoisotopic (exact) mass is 495 g/mol. The summed E-state index contributed by atoms with van der Waals surface area (Å²) in [6, 6.07) is 13.4. The third kappa shape index (κ3) is 5.98.